The summed E-state index contributed by atoms with van der Waals surface area (Å²) in [5, 5.41) is 0. The van der Waals surface area contributed by atoms with Crippen LogP contribution in [-0.4, -0.2) is 0 Å². The number of fused-ring (bicyclic) bond motifs is 3. The molecule has 0 unspecified atom stereocenters. The van der Waals surface area contributed by atoms with Crippen LogP contribution in [0.4, 0.5) is 0 Å². The van der Waals surface area contributed by atoms with Crippen molar-refractivity contribution in [1.82, 2.24) is 0 Å². The maximum Gasteiger partial charge on any atom is 0.0358 e. The minimum atomic E-state index is 0.0175. The van der Waals surface area contributed by atoms with E-state index in [-0.39, 0.29) is 22.2 Å². The molecule has 0 radical (unpaired) electrons. The molecule has 6 aliphatic rings. The molecule has 0 fully saturated rings. The Balaban J connectivity index is 1.78. The topological polar surface area (TPSA) is 0 Å². The summed E-state index contributed by atoms with van der Waals surface area (Å²) in [6.07, 6.45) is 0. The van der Waals surface area contributed by atoms with Crippen LogP contribution in [0, 0.1) is 0 Å². The summed E-state index contributed by atoms with van der Waals surface area (Å²) in [7, 11) is 0. The van der Waals surface area contributed by atoms with Crippen molar-refractivity contribution in [1.29, 1.82) is 0 Å². The molecule has 0 aromatic rings. The van der Waals surface area contributed by atoms with Gasteiger partial charge in [-0.1, -0.05) is 172 Å². The van der Waals surface area contributed by atoms with E-state index in [1.165, 1.54) is 66.8 Å². The number of hydrogen-bond acceptors (Lipinski definition) is 0. The molecule has 0 aromatic carbocycles. The summed E-state index contributed by atoms with van der Waals surface area (Å²) in [4.78, 5) is 0. The highest BCUT2D eigenvalue weighted by molar-refractivity contribution is 5.86. The van der Waals surface area contributed by atoms with Gasteiger partial charge in [0.2, 0.25) is 0 Å². The summed E-state index contributed by atoms with van der Waals surface area (Å²) < 4.78 is 0. The van der Waals surface area contributed by atoms with E-state index in [4.69, 9.17) is 0 Å². The first-order valence-corrected chi connectivity index (χ1v) is 15.8. The van der Waals surface area contributed by atoms with Crippen LogP contribution in [0.15, 0.2) is 109 Å². The third kappa shape index (κ3) is 5.16. The Bertz CT molecular complexity index is 1600. The molecule has 0 spiro atoms. The second-order valence-corrected chi connectivity index (χ2v) is 15.4. The van der Waals surface area contributed by atoms with Gasteiger partial charge >= 0.3 is 0 Å². The third-order valence-electron chi connectivity index (χ3n) is 9.17. The fourth-order valence-corrected chi connectivity index (χ4v) is 7.12. The SMILES string of the molecule is CC(C)(C)c1cc(C(c2cc(C(C)(C)C)c3cccccc2-3)c2cc(C(C)(C)C)c3cccccc2-3)c2cccccc1-2. The quantitative estimate of drug-likeness (QED) is 0.201. The summed E-state index contributed by atoms with van der Waals surface area (Å²) in [5.74, 6) is 0.0722. The lowest BCUT2D eigenvalue weighted by molar-refractivity contribution is 0.593. The maximum absolute atomic E-state index is 2.53. The molecule has 0 bridgehead atoms. The van der Waals surface area contributed by atoms with Crippen molar-refractivity contribution < 1.29 is 0 Å². The van der Waals surface area contributed by atoms with E-state index in [1.54, 1.807) is 0 Å². The number of hydrogen-bond donors (Lipinski definition) is 0. The molecule has 0 aromatic heterocycles. The summed E-state index contributed by atoms with van der Waals surface area (Å²) >= 11 is 0. The van der Waals surface area contributed by atoms with Crippen molar-refractivity contribution in [3.05, 3.63) is 143 Å². The predicted octanol–water partition coefficient (Wildman–Crippen LogP) is 12.1. The van der Waals surface area contributed by atoms with E-state index in [9.17, 15) is 0 Å². The maximum atomic E-state index is 2.53. The molecular formula is C43H46. The van der Waals surface area contributed by atoms with Crippen molar-refractivity contribution in [2.45, 2.75) is 84.5 Å². The summed E-state index contributed by atoms with van der Waals surface area (Å²) in [6.45, 7) is 21.1. The van der Waals surface area contributed by atoms with Gasteiger partial charge < -0.3 is 0 Å². The van der Waals surface area contributed by atoms with Crippen LogP contribution in [0.1, 0.15) is 102 Å². The molecule has 0 nitrogen and oxygen atoms in total. The highest BCUT2D eigenvalue weighted by atomic mass is 14.4. The van der Waals surface area contributed by atoms with Gasteiger partial charge in [-0.25, -0.2) is 0 Å². The highest BCUT2D eigenvalue weighted by Gasteiger charge is 2.36. The lowest BCUT2D eigenvalue weighted by Crippen LogP contribution is -2.11. The largest absolute Gasteiger partial charge is 0.0622 e. The Labute approximate surface area is 259 Å². The van der Waals surface area contributed by atoms with Gasteiger partial charge in [-0.05, 0) is 83.0 Å². The molecule has 0 atom stereocenters. The van der Waals surface area contributed by atoms with Crippen molar-refractivity contribution in [2.75, 3.05) is 0 Å². The van der Waals surface area contributed by atoms with Crippen LogP contribution in [0.5, 0.6) is 0 Å². The smallest absolute Gasteiger partial charge is 0.0358 e. The van der Waals surface area contributed by atoms with Crippen LogP contribution in [-0.2, 0) is 16.2 Å². The lowest BCUT2D eigenvalue weighted by atomic mass is 9.82. The van der Waals surface area contributed by atoms with Crippen molar-refractivity contribution in [3.8, 4) is 33.4 Å². The van der Waals surface area contributed by atoms with Gasteiger partial charge in [0.25, 0.3) is 0 Å². The normalized spacial score (nSPS) is 13.0. The van der Waals surface area contributed by atoms with Gasteiger partial charge in [0, 0.05) is 5.92 Å². The Kier molecular flexibility index (Phi) is 7.04. The predicted molar refractivity (Wildman–Crippen MR) is 186 cm³/mol. The van der Waals surface area contributed by atoms with Crippen LogP contribution >= 0.6 is 0 Å². The van der Waals surface area contributed by atoms with E-state index in [0.29, 0.717) is 0 Å². The van der Waals surface area contributed by atoms with Crippen molar-refractivity contribution in [3.63, 3.8) is 0 Å². The van der Waals surface area contributed by atoms with Crippen LogP contribution < -0.4 is 0 Å². The Hall–Kier alpha value is -3.90. The first-order valence-electron chi connectivity index (χ1n) is 15.8. The van der Waals surface area contributed by atoms with Gasteiger partial charge in [-0.15, -0.1) is 0 Å². The van der Waals surface area contributed by atoms with Gasteiger partial charge in [0.1, 0.15) is 0 Å². The molecule has 6 aliphatic carbocycles. The molecule has 0 aliphatic heterocycles. The van der Waals surface area contributed by atoms with Crippen molar-refractivity contribution >= 4 is 0 Å². The van der Waals surface area contributed by atoms with E-state index in [2.05, 4.69) is 172 Å². The Morgan fingerprint density at radius 1 is 0.326 bits per heavy atom. The molecule has 0 heteroatoms. The zero-order valence-electron chi connectivity index (χ0n) is 27.5. The third-order valence-corrected chi connectivity index (χ3v) is 9.17. The van der Waals surface area contributed by atoms with Gasteiger partial charge in [0.05, 0.1) is 0 Å². The fourth-order valence-electron chi connectivity index (χ4n) is 7.12. The summed E-state index contributed by atoms with van der Waals surface area (Å²) in [5.41, 5.74) is 16.6. The average molecular weight is 563 g/mol. The monoisotopic (exact) mass is 562 g/mol. The molecule has 218 valence electrons. The molecule has 0 heterocycles. The first-order chi connectivity index (χ1) is 20.3. The zero-order chi connectivity index (χ0) is 30.7. The molecule has 6 rings (SSSR count). The van der Waals surface area contributed by atoms with Gasteiger partial charge in [0.15, 0.2) is 0 Å². The van der Waals surface area contributed by atoms with E-state index < -0.39 is 0 Å². The fraction of sp³-hybridized carbons (Fsp3) is 0.302. The molecule has 0 amide bonds. The van der Waals surface area contributed by atoms with Crippen LogP contribution in [0.25, 0.3) is 33.4 Å². The van der Waals surface area contributed by atoms with Crippen LogP contribution in [0.3, 0.4) is 0 Å². The van der Waals surface area contributed by atoms with E-state index >= 15 is 0 Å². The highest BCUT2D eigenvalue weighted by Crippen LogP contribution is 2.53. The molecule has 0 N–H and O–H groups in total. The Morgan fingerprint density at radius 2 is 0.558 bits per heavy atom. The van der Waals surface area contributed by atoms with Gasteiger partial charge in [-0.3, -0.25) is 0 Å². The van der Waals surface area contributed by atoms with E-state index in [0.717, 1.165) is 0 Å². The summed E-state index contributed by atoms with van der Waals surface area (Å²) in [6, 6.07) is 41.3. The number of rotatable bonds is 3. The molecule has 0 saturated carbocycles. The molecule has 0 saturated heterocycles. The van der Waals surface area contributed by atoms with Crippen LogP contribution in [0.2, 0.25) is 0 Å². The van der Waals surface area contributed by atoms with Gasteiger partial charge in [-0.2, -0.15) is 0 Å². The minimum absolute atomic E-state index is 0.0175. The first kappa shape index (κ1) is 29.2. The molecule has 43 heavy (non-hydrogen) atoms. The van der Waals surface area contributed by atoms with E-state index in [1.807, 2.05) is 0 Å². The molecular weight excluding hydrogens is 516 g/mol. The lowest BCUT2D eigenvalue weighted by Gasteiger charge is -2.20. The minimum Gasteiger partial charge on any atom is -0.0622 e. The standard InChI is InChI=1S/C43H46/c1-41(2,3)37-25-34(28-19-13-10-16-22-31(28)37)40(35-26-38(42(4,5)6)32-23-17-11-14-20-29(32)35)36-27-39(43(7,8)9)33-24-18-12-15-21-30(33)36/h10-27,40H,1-9H3. The van der Waals surface area contributed by atoms with Crippen molar-refractivity contribution in [2.24, 2.45) is 0 Å². The average Bonchev–Trinajstić information content (AvgIpc) is 3.32. The zero-order valence-corrected chi connectivity index (χ0v) is 27.5. The second-order valence-electron chi connectivity index (χ2n) is 15.4. The second kappa shape index (κ2) is 10.4. The Morgan fingerprint density at radius 3 is 0.791 bits per heavy atom.